The lowest BCUT2D eigenvalue weighted by molar-refractivity contribution is 0.122. The quantitative estimate of drug-likeness (QED) is 0.475. The number of morpholine rings is 1. The average molecular weight is 447 g/mol. The number of rotatable bonds is 3. The maximum atomic E-state index is 13.0. The minimum Gasteiger partial charge on any atom is -0.449 e. The number of hydrogen-bond donors (Lipinski definition) is 0. The zero-order valence-corrected chi connectivity index (χ0v) is 18.6. The molecule has 0 saturated carbocycles. The van der Waals surface area contributed by atoms with Crippen molar-refractivity contribution in [3.63, 3.8) is 0 Å². The second-order valence-electron chi connectivity index (χ2n) is 8.69. The van der Waals surface area contributed by atoms with Gasteiger partial charge in [-0.2, -0.15) is 0 Å². The second-order valence-corrected chi connectivity index (χ2v) is 8.69. The molecule has 2 aromatic heterocycles. The van der Waals surface area contributed by atoms with Gasteiger partial charge < -0.3 is 28.3 Å². The van der Waals surface area contributed by atoms with Gasteiger partial charge in [-0.15, -0.1) is 0 Å². The van der Waals surface area contributed by atoms with Crippen LogP contribution in [0, 0.1) is 0 Å². The molecule has 6 rings (SSSR count). The van der Waals surface area contributed by atoms with Gasteiger partial charge >= 0.3 is 0 Å². The number of ether oxygens (including phenoxy) is 1. The van der Waals surface area contributed by atoms with Gasteiger partial charge in [-0.1, -0.05) is 6.07 Å². The number of para-hydroxylation sites is 1. The third kappa shape index (κ3) is 3.75. The van der Waals surface area contributed by atoms with Crippen LogP contribution in [0.15, 0.2) is 56.1 Å². The van der Waals surface area contributed by atoms with Crippen LogP contribution < -0.4 is 15.2 Å². The van der Waals surface area contributed by atoms with Gasteiger partial charge in [0.15, 0.2) is 22.4 Å². The number of piperazine rings is 1. The molecule has 8 heteroatoms. The SMILES string of the molecule is CN1CCN(c2cccc3c(=O)cc(-c4nc5ccc(N6CCOCC6)cc5o4)oc23)CC1. The minimum atomic E-state index is -0.0986. The lowest BCUT2D eigenvalue weighted by Gasteiger charge is -2.34. The van der Waals surface area contributed by atoms with Gasteiger partial charge in [-0.25, -0.2) is 4.98 Å². The molecule has 0 atom stereocenters. The molecule has 2 saturated heterocycles. The van der Waals surface area contributed by atoms with Gasteiger partial charge in [0.05, 0.1) is 24.3 Å². The molecule has 2 fully saturated rings. The number of fused-ring (bicyclic) bond motifs is 2. The number of nitrogens with zero attached hydrogens (tertiary/aromatic N) is 4. The molecule has 0 amide bonds. The van der Waals surface area contributed by atoms with Crippen molar-refractivity contribution in [3.05, 3.63) is 52.7 Å². The Balaban J connectivity index is 1.40. The summed E-state index contributed by atoms with van der Waals surface area (Å²) in [6.45, 7) is 6.85. The summed E-state index contributed by atoms with van der Waals surface area (Å²) >= 11 is 0. The minimum absolute atomic E-state index is 0.0986. The van der Waals surface area contributed by atoms with E-state index < -0.39 is 0 Å². The number of aromatic nitrogens is 1. The van der Waals surface area contributed by atoms with E-state index in [9.17, 15) is 4.79 Å². The highest BCUT2D eigenvalue weighted by molar-refractivity contribution is 5.90. The number of oxazole rings is 1. The van der Waals surface area contributed by atoms with Crippen LogP contribution >= 0.6 is 0 Å². The van der Waals surface area contributed by atoms with E-state index in [1.807, 2.05) is 36.4 Å². The van der Waals surface area contributed by atoms with E-state index in [2.05, 4.69) is 26.7 Å². The van der Waals surface area contributed by atoms with E-state index in [-0.39, 0.29) is 5.43 Å². The van der Waals surface area contributed by atoms with Gasteiger partial charge in [0.2, 0.25) is 0 Å². The van der Waals surface area contributed by atoms with Gasteiger partial charge in [-0.3, -0.25) is 4.79 Å². The number of likely N-dealkylation sites (N-methyl/N-ethyl adjacent to an activating group) is 1. The summed E-state index contributed by atoms with van der Waals surface area (Å²) in [7, 11) is 2.12. The van der Waals surface area contributed by atoms with E-state index in [4.69, 9.17) is 13.6 Å². The first-order valence-corrected chi connectivity index (χ1v) is 11.4. The van der Waals surface area contributed by atoms with Crippen LogP contribution in [0.25, 0.3) is 33.7 Å². The van der Waals surface area contributed by atoms with Crippen molar-refractivity contribution in [2.24, 2.45) is 0 Å². The van der Waals surface area contributed by atoms with Crippen LogP contribution in [0.2, 0.25) is 0 Å². The van der Waals surface area contributed by atoms with E-state index >= 15 is 0 Å². The molecular formula is C25H26N4O4. The van der Waals surface area contributed by atoms with E-state index in [0.717, 1.165) is 69.4 Å². The third-order valence-corrected chi connectivity index (χ3v) is 6.54. The summed E-state index contributed by atoms with van der Waals surface area (Å²) in [5.74, 6) is 0.662. The van der Waals surface area contributed by atoms with Crippen molar-refractivity contribution in [2.75, 3.05) is 69.3 Å². The Hall–Kier alpha value is -3.36. The summed E-state index contributed by atoms with van der Waals surface area (Å²) in [5.41, 5.74) is 3.90. The van der Waals surface area contributed by atoms with Gasteiger partial charge in [0.25, 0.3) is 5.89 Å². The summed E-state index contributed by atoms with van der Waals surface area (Å²) in [6, 6.07) is 13.2. The van der Waals surface area contributed by atoms with Crippen molar-refractivity contribution in [3.8, 4) is 11.7 Å². The Morgan fingerprint density at radius 2 is 1.70 bits per heavy atom. The molecule has 0 N–H and O–H groups in total. The Kier molecular flexibility index (Phi) is 5.04. The molecule has 2 aliphatic heterocycles. The maximum absolute atomic E-state index is 13.0. The van der Waals surface area contributed by atoms with Crippen molar-refractivity contribution in [2.45, 2.75) is 0 Å². The van der Waals surface area contributed by atoms with Crippen molar-refractivity contribution in [1.29, 1.82) is 0 Å². The topological polar surface area (TPSA) is 75.2 Å². The predicted octanol–water partition coefficient (Wildman–Crippen LogP) is 3.19. The van der Waals surface area contributed by atoms with Crippen LogP contribution in [-0.4, -0.2) is 69.4 Å². The van der Waals surface area contributed by atoms with Crippen LogP contribution in [0.1, 0.15) is 0 Å². The Labute approximate surface area is 190 Å². The fourth-order valence-electron chi connectivity index (χ4n) is 4.60. The van der Waals surface area contributed by atoms with Crippen molar-refractivity contribution < 1.29 is 13.6 Å². The normalized spacial score (nSPS) is 17.8. The first kappa shape index (κ1) is 20.3. The first-order valence-electron chi connectivity index (χ1n) is 11.4. The van der Waals surface area contributed by atoms with Crippen LogP contribution in [-0.2, 0) is 4.74 Å². The van der Waals surface area contributed by atoms with Gasteiger partial charge in [-0.05, 0) is 31.3 Å². The highest BCUT2D eigenvalue weighted by Gasteiger charge is 2.21. The smallest absolute Gasteiger partial charge is 0.264 e. The molecule has 2 aromatic carbocycles. The van der Waals surface area contributed by atoms with Gasteiger partial charge in [0.1, 0.15) is 5.52 Å². The molecule has 0 bridgehead atoms. The van der Waals surface area contributed by atoms with Crippen molar-refractivity contribution in [1.82, 2.24) is 9.88 Å². The standard InChI is InChI=1S/C25H26N4O4/c1-27-7-9-29(10-8-27)20-4-2-3-18-21(30)16-23(32-24(18)20)25-26-19-6-5-17(15-22(19)33-25)28-11-13-31-14-12-28/h2-6,15-16H,7-14H2,1H3. The number of anilines is 2. The lowest BCUT2D eigenvalue weighted by Crippen LogP contribution is -2.44. The number of hydrogen-bond acceptors (Lipinski definition) is 8. The molecule has 4 aromatic rings. The molecular weight excluding hydrogens is 420 g/mol. The fraction of sp³-hybridized carbons (Fsp3) is 0.360. The molecule has 170 valence electrons. The van der Waals surface area contributed by atoms with E-state index in [1.165, 1.54) is 6.07 Å². The summed E-state index contributed by atoms with van der Waals surface area (Å²) < 4.78 is 17.8. The van der Waals surface area contributed by atoms with Gasteiger partial charge in [0, 0.05) is 57.1 Å². The molecule has 2 aliphatic rings. The Morgan fingerprint density at radius 1 is 0.879 bits per heavy atom. The summed E-state index contributed by atoms with van der Waals surface area (Å²) in [6.07, 6.45) is 0. The van der Waals surface area contributed by atoms with Crippen LogP contribution in [0.5, 0.6) is 0 Å². The molecule has 4 heterocycles. The average Bonchev–Trinajstić information content (AvgIpc) is 3.28. The predicted molar refractivity (Wildman–Crippen MR) is 128 cm³/mol. The maximum Gasteiger partial charge on any atom is 0.264 e. The monoisotopic (exact) mass is 446 g/mol. The second kappa shape index (κ2) is 8.20. The molecule has 0 unspecified atom stereocenters. The highest BCUT2D eigenvalue weighted by atomic mass is 16.5. The largest absolute Gasteiger partial charge is 0.449 e. The van der Waals surface area contributed by atoms with Crippen molar-refractivity contribution >= 4 is 33.4 Å². The Morgan fingerprint density at radius 3 is 2.52 bits per heavy atom. The lowest BCUT2D eigenvalue weighted by atomic mass is 10.1. The molecule has 8 nitrogen and oxygen atoms in total. The van der Waals surface area contributed by atoms with E-state index in [1.54, 1.807) is 0 Å². The summed E-state index contributed by atoms with van der Waals surface area (Å²) in [4.78, 5) is 24.4. The van der Waals surface area contributed by atoms with Crippen LogP contribution in [0.4, 0.5) is 11.4 Å². The highest BCUT2D eigenvalue weighted by Crippen LogP contribution is 2.32. The Bertz CT molecular complexity index is 1360. The number of benzene rings is 2. The van der Waals surface area contributed by atoms with Crippen LogP contribution in [0.3, 0.4) is 0 Å². The first-order chi connectivity index (χ1) is 16.2. The van der Waals surface area contributed by atoms with E-state index in [0.29, 0.717) is 28.2 Å². The molecule has 0 spiro atoms. The molecule has 0 radical (unpaired) electrons. The molecule has 33 heavy (non-hydrogen) atoms. The summed E-state index contributed by atoms with van der Waals surface area (Å²) in [5, 5.41) is 0.570. The zero-order chi connectivity index (χ0) is 22.4. The third-order valence-electron chi connectivity index (χ3n) is 6.54. The molecule has 0 aliphatic carbocycles. The fourth-order valence-corrected chi connectivity index (χ4v) is 4.60. The zero-order valence-electron chi connectivity index (χ0n) is 18.6.